The average Bonchev–Trinajstić information content (AvgIpc) is 2.58. The number of carboxylic acid groups (broad SMARTS) is 1. The molecule has 3 heteroatoms. The zero-order valence-corrected chi connectivity index (χ0v) is 10.4. The first-order valence-corrected chi connectivity index (χ1v) is 5.70. The van der Waals surface area contributed by atoms with Gasteiger partial charge >= 0.3 is 5.97 Å². The molecule has 90 valence electrons. The molecule has 0 aliphatic rings. The highest BCUT2D eigenvalue weighted by Crippen LogP contribution is 2.33. The maximum absolute atomic E-state index is 10.9. The fourth-order valence-corrected chi connectivity index (χ4v) is 2.27. The maximum Gasteiger partial charge on any atom is 0.304 e. The summed E-state index contributed by atoms with van der Waals surface area (Å²) in [5.41, 5.74) is 2.95. The molecule has 1 aromatic carbocycles. The normalized spacial score (nSPS) is 11.9. The number of hydrogen-bond donors (Lipinski definition) is 2. The molecule has 17 heavy (non-hydrogen) atoms. The maximum atomic E-state index is 10.9. The molecule has 1 aromatic heterocycles. The van der Waals surface area contributed by atoms with Crippen LogP contribution in [0.25, 0.3) is 10.9 Å². The molecule has 1 heterocycles. The van der Waals surface area contributed by atoms with E-state index in [1.165, 1.54) is 5.56 Å². The van der Waals surface area contributed by atoms with Crippen LogP contribution in [0.2, 0.25) is 0 Å². The van der Waals surface area contributed by atoms with Gasteiger partial charge in [-0.15, -0.1) is 0 Å². The molecule has 0 aliphatic heterocycles. The monoisotopic (exact) mass is 231 g/mol. The molecule has 0 bridgehead atoms. The minimum Gasteiger partial charge on any atom is -0.481 e. The fraction of sp³-hybridized carbons (Fsp3) is 0.357. The molecular formula is C14H17NO2. The number of aromatic nitrogens is 1. The van der Waals surface area contributed by atoms with Crippen molar-refractivity contribution in [1.29, 1.82) is 0 Å². The van der Waals surface area contributed by atoms with Gasteiger partial charge in [-0.3, -0.25) is 4.79 Å². The molecule has 0 fully saturated rings. The van der Waals surface area contributed by atoms with Gasteiger partial charge in [-0.25, -0.2) is 0 Å². The first-order chi connectivity index (χ1) is 7.90. The van der Waals surface area contributed by atoms with Gasteiger partial charge in [0.15, 0.2) is 0 Å². The van der Waals surface area contributed by atoms with Crippen LogP contribution < -0.4 is 0 Å². The van der Waals surface area contributed by atoms with Crippen LogP contribution in [0.3, 0.4) is 0 Å². The second-order valence-corrected chi connectivity index (χ2v) is 5.21. The van der Waals surface area contributed by atoms with Gasteiger partial charge in [0.2, 0.25) is 0 Å². The van der Waals surface area contributed by atoms with E-state index in [9.17, 15) is 4.79 Å². The zero-order chi connectivity index (χ0) is 12.6. The van der Waals surface area contributed by atoms with Crippen molar-refractivity contribution in [2.24, 2.45) is 0 Å². The summed E-state index contributed by atoms with van der Waals surface area (Å²) in [7, 11) is 0. The van der Waals surface area contributed by atoms with Crippen molar-refractivity contribution in [1.82, 2.24) is 4.98 Å². The van der Waals surface area contributed by atoms with E-state index in [-0.39, 0.29) is 11.8 Å². The number of aryl methyl sites for hydroxylation is 1. The lowest BCUT2D eigenvalue weighted by atomic mass is 9.81. The number of aromatic amines is 1. The van der Waals surface area contributed by atoms with Crippen LogP contribution in [0.4, 0.5) is 0 Å². The Morgan fingerprint density at radius 2 is 2.12 bits per heavy atom. The van der Waals surface area contributed by atoms with Crippen molar-refractivity contribution in [3.8, 4) is 0 Å². The van der Waals surface area contributed by atoms with Gasteiger partial charge in [0.05, 0.1) is 6.42 Å². The van der Waals surface area contributed by atoms with E-state index in [4.69, 9.17) is 5.11 Å². The molecule has 2 rings (SSSR count). The summed E-state index contributed by atoms with van der Waals surface area (Å²) in [6, 6.07) is 6.18. The van der Waals surface area contributed by atoms with E-state index in [0.29, 0.717) is 0 Å². The standard InChI is InChI=1S/C14H17NO2/c1-9-4-5-12-10(6-9)11(8-15-12)14(2,3)7-13(16)17/h4-6,8,15H,7H2,1-3H3,(H,16,17). The molecule has 0 aliphatic carbocycles. The van der Waals surface area contributed by atoms with Gasteiger partial charge < -0.3 is 10.1 Å². The van der Waals surface area contributed by atoms with Crippen molar-refractivity contribution in [2.45, 2.75) is 32.6 Å². The highest BCUT2D eigenvalue weighted by Gasteiger charge is 2.26. The summed E-state index contributed by atoms with van der Waals surface area (Å²) in [6.45, 7) is 5.97. The van der Waals surface area contributed by atoms with E-state index >= 15 is 0 Å². The summed E-state index contributed by atoms with van der Waals surface area (Å²) in [6.07, 6.45) is 2.06. The third-order valence-electron chi connectivity index (χ3n) is 3.16. The van der Waals surface area contributed by atoms with E-state index in [0.717, 1.165) is 16.5 Å². The first kappa shape index (κ1) is 11.7. The first-order valence-electron chi connectivity index (χ1n) is 5.70. The lowest BCUT2D eigenvalue weighted by molar-refractivity contribution is -0.138. The van der Waals surface area contributed by atoms with Crippen LogP contribution in [-0.4, -0.2) is 16.1 Å². The van der Waals surface area contributed by atoms with Crippen molar-refractivity contribution >= 4 is 16.9 Å². The molecule has 0 saturated heterocycles. The topological polar surface area (TPSA) is 53.1 Å². The quantitative estimate of drug-likeness (QED) is 0.852. The Kier molecular flexibility index (Phi) is 2.69. The smallest absolute Gasteiger partial charge is 0.304 e. The van der Waals surface area contributed by atoms with E-state index in [1.54, 1.807) is 0 Å². The van der Waals surface area contributed by atoms with Gasteiger partial charge in [-0.05, 0) is 24.6 Å². The number of aliphatic carboxylic acids is 1. The summed E-state index contributed by atoms with van der Waals surface area (Å²) in [4.78, 5) is 14.1. The van der Waals surface area contributed by atoms with Crippen molar-refractivity contribution < 1.29 is 9.90 Å². The minimum absolute atomic E-state index is 0.133. The number of H-pyrrole nitrogens is 1. The molecule has 0 amide bonds. The number of benzene rings is 1. The number of carboxylic acids is 1. The predicted octanol–water partition coefficient (Wildman–Crippen LogP) is 3.23. The molecule has 3 nitrogen and oxygen atoms in total. The van der Waals surface area contributed by atoms with Crippen LogP contribution in [0.1, 0.15) is 31.4 Å². The Labute approximate surface area is 100 Å². The van der Waals surface area contributed by atoms with Crippen LogP contribution >= 0.6 is 0 Å². The summed E-state index contributed by atoms with van der Waals surface area (Å²) >= 11 is 0. The highest BCUT2D eigenvalue weighted by molar-refractivity contribution is 5.85. The molecule has 0 saturated carbocycles. The van der Waals surface area contributed by atoms with Crippen molar-refractivity contribution in [3.63, 3.8) is 0 Å². The van der Waals surface area contributed by atoms with Crippen LogP contribution in [0.15, 0.2) is 24.4 Å². The third kappa shape index (κ3) is 2.18. The Morgan fingerprint density at radius 1 is 1.41 bits per heavy atom. The number of rotatable bonds is 3. The molecule has 0 radical (unpaired) electrons. The summed E-state index contributed by atoms with van der Waals surface area (Å²) in [5, 5.41) is 10.1. The van der Waals surface area contributed by atoms with E-state index < -0.39 is 5.97 Å². The van der Waals surface area contributed by atoms with Crippen molar-refractivity contribution in [2.75, 3.05) is 0 Å². The molecular weight excluding hydrogens is 214 g/mol. The summed E-state index contributed by atoms with van der Waals surface area (Å²) < 4.78 is 0. The Morgan fingerprint density at radius 3 is 2.76 bits per heavy atom. The Bertz CT molecular complexity index is 567. The zero-order valence-electron chi connectivity index (χ0n) is 10.4. The predicted molar refractivity (Wildman–Crippen MR) is 68.3 cm³/mol. The van der Waals surface area contributed by atoms with E-state index in [1.807, 2.05) is 39.1 Å². The largest absolute Gasteiger partial charge is 0.481 e. The van der Waals surface area contributed by atoms with Gasteiger partial charge in [-0.2, -0.15) is 0 Å². The second-order valence-electron chi connectivity index (χ2n) is 5.21. The molecule has 0 unspecified atom stereocenters. The van der Waals surface area contributed by atoms with Gasteiger partial charge in [0.25, 0.3) is 0 Å². The van der Waals surface area contributed by atoms with Gasteiger partial charge in [-0.1, -0.05) is 25.5 Å². The lowest BCUT2D eigenvalue weighted by Crippen LogP contribution is -2.21. The Hall–Kier alpha value is -1.77. The molecule has 2 N–H and O–H groups in total. The van der Waals surface area contributed by atoms with Crippen LogP contribution in [-0.2, 0) is 10.2 Å². The number of nitrogens with one attached hydrogen (secondary N) is 1. The SMILES string of the molecule is Cc1ccc2[nH]cc(C(C)(C)CC(=O)O)c2c1. The van der Waals surface area contributed by atoms with E-state index in [2.05, 4.69) is 11.1 Å². The highest BCUT2D eigenvalue weighted by atomic mass is 16.4. The van der Waals surface area contributed by atoms with Crippen molar-refractivity contribution in [3.05, 3.63) is 35.5 Å². The molecule has 2 aromatic rings. The van der Waals surface area contributed by atoms with Gasteiger partial charge in [0.1, 0.15) is 0 Å². The number of carbonyl (C=O) groups is 1. The average molecular weight is 231 g/mol. The molecule has 0 spiro atoms. The van der Waals surface area contributed by atoms with Crippen LogP contribution in [0, 0.1) is 6.92 Å². The third-order valence-corrected chi connectivity index (χ3v) is 3.16. The second kappa shape index (κ2) is 3.91. The lowest BCUT2D eigenvalue weighted by Gasteiger charge is -2.22. The minimum atomic E-state index is -0.767. The summed E-state index contributed by atoms with van der Waals surface area (Å²) in [5.74, 6) is -0.767. The Balaban J connectivity index is 2.55. The fourth-order valence-electron chi connectivity index (χ4n) is 2.27. The van der Waals surface area contributed by atoms with Crippen LogP contribution in [0.5, 0.6) is 0 Å². The molecule has 0 atom stereocenters. The number of hydrogen-bond acceptors (Lipinski definition) is 1. The number of fused-ring (bicyclic) bond motifs is 1. The van der Waals surface area contributed by atoms with Gasteiger partial charge in [0, 0.05) is 22.5 Å².